The zero-order valence-corrected chi connectivity index (χ0v) is 14.4. The number of thiophene rings is 1. The maximum Gasteiger partial charge on any atom is 0.263 e. The Kier molecular flexibility index (Phi) is 4.72. The normalized spacial score (nSPS) is 24.5. The molecule has 2 aliphatic rings. The Morgan fingerprint density at radius 1 is 1.22 bits per heavy atom. The zero-order valence-electron chi connectivity index (χ0n) is 12.7. The molecule has 23 heavy (non-hydrogen) atoms. The summed E-state index contributed by atoms with van der Waals surface area (Å²) >= 11 is 1.43. The highest BCUT2D eigenvalue weighted by Gasteiger charge is 2.33. The molecule has 2 aliphatic heterocycles. The van der Waals surface area contributed by atoms with Crippen molar-refractivity contribution in [2.75, 3.05) is 24.6 Å². The Morgan fingerprint density at radius 3 is 2.52 bits per heavy atom. The molecular weight excluding hydrogens is 336 g/mol. The molecule has 0 bridgehead atoms. The molecule has 1 N–H and O–H groups in total. The number of hydrogen-bond donors (Lipinski definition) is 1. The first-order chi connectivity index (χ1) is 10.9. The fourth-order valence-electron chi connectivity index (χ4n) is 3.13. The van der Waals surface area contributed by atoms with Crippen molar-refractivity contribution in [1.82, 2.24) is 10.2 Å². The first kappa shape index (κ1) is 16.4. The molecule has 1 aromatic heterocycles. The highest BCUT2D eigenvalue weighted by atomic mass is 32.2. The average Bonchev–Trinajstić information content (AvgIpc) is 3.16. The number of piperidine rings is 1. The van der Waals surface area contributed by atoms with Gasteiger partial charge in [-0.2, -0.15) is 0 Å². The van der Waals surface area contributed by atoms with Gasteiger partial charge in [0.1, 0.15) is 0 Å². The standard InChI is InChI=1S/C15H20N2O4S2/c18-14(16-12-5-9-23(20,21)10-12)11-3-6-17(7-4-11)15(19)13-2-1-8-22-13/h1-2,8,11-12H,3-7,9-10H2,(H,16,18). The van der Waals surface area contributed by atoms with E-state index in [9.17, 15) is 18.0 Å². The van der Waals surface area contributed by atoms with Crippen molar-refractivity contribution in [3.05, 3.63) is 22.4 Å². The maximum absolute atomic E-state index is 12.3. The van der Waals surface area contributed by atoms with Gasteiger partial charge in [0.05, 0.1) is 16.4 Å². The monoisotopic (exact) mass is 356 g/mol. The Hall–Kier alpha value is -1.41. The van der Waals surface area contributed by atoms with E-state index >= 15 is 0 Å². The third-order valence-electron chi connectivity index (χ3n) is 4.46. The number of nitrogens with one attached hydrogen (secondary N) is 1. The van der Waals surface area contributed by atoms with E-state index in [2.05, 4.69) is 5.32 Å². The van der Waals surface area contributed by atoms with Crippen LogP contribution in [0.15, 0.2) is 17.5 Å². The molecule has 1 atom stereocenters. The molecule has 8 heteroatoms. The minimum Gasteiger partial charge on any atom is -0.352 e. The summed E-state index contributed by atoms with van der Waals surface area (Å²) in [7, 11) is -2.98. The van der Waals surface area contributed by atoms with E-state index in [1.54, 1.807) is 4.90 Å². The van der Waals surface area contributed by atoms with Crippen LogP contribution >= 0.6 is 11.3 Å². The van der Waals surface area contributed by atoms with Gasteiger partial charge >= 0.3 is 0 Å². The summed E-state index contributed by atoms with van der Waals surface area (Å²) < 4.78 is 22.9. The molecule has 0 spiro atoms. The minimum atomic E-state index is -2.98. The number of carbonyl (C=O) groups excluding carboxylic acids is 2. The second-order valence-electron chi connectivity index (χ2n) is 6.15. The van der Waals surface area contributed by atoms with Gasteiger partial charge < -0.3 is 10.2 Å². The molecule has 1 aromatic rings. The SMILES string of the molecule is O=C(NC1CCS(=O)(=O)C1)C1CCN(C(=O)c2cccs2)CC1. The molecule has 0 aromatic carbocycles. The maximum atomic E-state index is 12.3. The van der Waals surface area contributed by atoms with Crippen molar-refractivity contribution in [2.45, 2.75) is 25.3 Å². The largest absolute Gasteiger partial charge is 0.352 e. The third-order valence-corrected chi connectivity index (χ3v) is 7.09. The van der Waals surface area contributed by atoms with Crippen LogP contribution in [0.2, 0.25) is 0 Å². The number of nitrogens with zero attached hydrogens (tertiary/aromatic N) is 1. The van der Waals surface area contributed by atoms with Crippen LogP contribution in [0.5, 0.6) is 0 Å². The zero-order chi connectivity index (χ0) is 16.4. The second-order valence-corrected chi connectivity index (χ2v) is 9.33. The van der Waals surface area contributed by atoms with Gasteiger partial charge in [-0.25, -0.2) is 8.42 Å². The van der Waals surface area contributed by atoms with Crippen molar-refractivity contribution in [3.63, 3.8) is 0 Å². The molecule has 0 aliphatic carbocycles. The summed E-state index contributed by atoms with van der Waals surface area (Å²) in [6, 6.07) is 3.42. The van der Waals surface area contributed by atoms with Crippen LogP contribution in [0, 0.1) is 5.92 Å². The van der Waals surface area contributed by atoms with Crippen molar-refractivity contribution < 1.29 is 18.0 Å². The molecule has 3 rings (SSSR count). The number of hydrogen-bond acceptors (Lipinski definition) is 5. The third kappa shape index (κ3) is 3.92. The van der Waals surface area contributed by atoms with E-state index in [0.717, 1.165) is 4.88 Å². The lowest BCUT2D eigenvalue weighted by Crippen LogP contribution is -2.45. The van der Waals surface area contributed by atoms with Crippen molar-refractivity contribution in [3.8, 4) is 0 Å². The number of carbonyl (C=O) groups is 2. The summed E-state index contributed by atoms with van der Waals surface area (Å²) in [6.45, 7) is 1.13. The first-order valence-electron chi connectivity index (χ1n) is 7.78. The van der Waals surface area contributed by atoms with E-state index in [1.165, 1.54) is 11.3 Å². The summed E-state index contributed by atoms with van der Waals surface area (Å²) in [5, 5.41) is 4.73. The fourth-order valence-corrected chi connectivity index (χ4v) is 5.49. The lowest BCUT2D eigenvalue weighted by atomic mass is 9.95. The molecule has 2 amide bonds. The Labute approximate surface area is 139 Å². The molecule has 126 valence electrons. The van der Waals surface area contributed by atoms with Gasteiger partial charge in [-0.3, -0.25) is 9.59 Å². The smallest absolute Gasteiger partial charge is 0.263 e. The summed E-state index contributed by atoms with van der Waals surface area (Å²) in [5.41, 5.74) is 0. The van der Waals surface area contributed by atoms with Crippen molar-refractivity contribution >= 4 is 33.0 Å². The fraction of sp³-hybridized carbons (Fsp3) is 0.600. The molecular formula is C15H20N2O4S2. The quantitative estimate of drug-likeness (QED) is 0.872. The number of rotatable bonds is 3. The molecule has 2 saturated heterocycles. The van der Waals surface area contributed by atoms with Crippen LogP contribution < -0.4 is 5.32 Å². The molecule has 3 heterocycles. The number of likely N-dealkylation sites (tertiary alicyclic amines) is 1. The van der Waals surface area contributed by atoms with Gasteiger partial charge in [-0.1, -0.05) is 6.07 Å². The van der Waals surface area contributed by atoms with Gasteiger partial charge in [0.15, 0.2) is 9.84 Å². The Balaban J connectivity index is 1.49. The van der Waals surface area contributed by atoms with Gasteiger partial charge in [-0.05, 0) is 30.7 Å². The summed E-state index contributed by atoms with van der Waals surface area (Å²) in [6.07, 6.45) is 1.76. The van der Waals surface area contributed by atoms with Crippen LogP contribution in [0.3, 0.4) is 0 Å². The molecule has 2 fully saturated rings. The first-order valence-corrected chi connectivity index (χ1v) is 10.5. The number of sulfone groups is 1. The van der Waals surface area contributed by atoms with Gasteiger partial charge in [0, 0.05) is 25.0 Å². The van der Waals surface area contributed by atoms with Gasteiger partial charge in [0.2, 0.25) is 5.91 Å². The van der Waals surface area contributed by atoms with E-state index in [-0.39, 0.29) is 35.3 Å². The molecule has 0 saturated carbocycles. The van der Waals surface area contributed by atoms with E-state index in [4.69, 9.17) is 0 Å². The minimum absolute atomic E-state index is 0.0285. The highest BCUT2D eigenvalue weighted by Crippen LogP contribution is 2.22. The second kappa shape index (κ2) is 6.60. The van der Waals surface area contributed by atoms with Crippen LogP contribution in [0.25, 0.3) is 0 Å². The topological polar surface area (TPSA) is 83.6 Å². The predicted octanol–water partition coefficient (Wildman–Crippen LogP) is 0.904. The predicted molar refractivity (Wildman–Crippen MR) is 88.1 cm³/mol. The summed E-state index contributed by atoms with van der Waals surface area (Å²) in [5.74, 6) is 0.0296. The van der Waals surface area contributed by atoms with Crippen LogP contribution in [0.1, 0.15) is 28.9 Å². The molecule has 0 radical (unpaired) electrons. The highest BCUT2D eigenvalue weighted by molar-refractivity contribution is 7.91. The van der Waals surface area contributed by atoms with Crippen molar-refractivity contribution in [2.24, 2.45) is 5.92 Å². The van der Waals surface area contributed by atoms with E-state index in [1.807, 2.05) is 17.5 Å². The molecule has 1 unspecified atom stereocenters. The lowest BCUT2D eigenvalue weighted by molar-refractivity contribution is -0.126. The van der Waals surface area contributed by atoms with Crippen molar-refractivity contribution in [1.29, 1.82) is 0 Å². The van der Waals surface area contributed by atoms with Gasteiger partial charge in [0.25, 0.3) is 5.91 Å². The average molecular weight is 356 g/mol. The van der Waals surface area contributed by atoms with Crippen LogP contribution in [-0.2, 0) is 14.6 Å². The Morgan fingerprint density at radius 2 is 1.96 bits per heavy atom. The lowest BCUT2D eigenvalue weighted by Gasteiger charge is -2.31. The molecule has 6 nitrogen and oxygen atoms in total. The summed E-state index contributed by atoms with van der Waals surface area (Å²) in [4.78, 5) is 27.0. The number of amides is 2. The van der Waals surface area contributed by atoms with E-state index in [0.29, 0.717) is 32.4 Å². The van der Waals surface area contributed by atoms with E-state index < -0.39 is 9.84 Å². The van der Waals surface area contributed by atoms with Crippen LogP contribution in [0.4, 0.5) is 0 Å². The van der Waals surface area contributed by atoms with Gasteiger partial charge in [-0.15, -0.1) is 11.3 Å². The van der Waals surface area contributed by atoms with Crippen LogP contribution in [-0.4, -0.2) is 55.8 Å². The Bertz CT molecular complexity index is 676.